The Labute approximate surface area is 99.5 Å². The molecule has 0 unspecified atom stereocenters. The van der Waals surface area contributed by atoms with Gasteiger partial charge in [0.25, 0.3) is 0 Å². The van der Waals surface area contributed by atoms with Gasteiger partial charge in [0.2, 0.25) is 0 Å². The van der Waals surface area contributed by atoms with Gasteiger partial charge >= 0.3 is 5.97 Å². The third-order valence-electron chi connectivity index (χ3n) is 2.38. The van der Waals surface area contributed by atoms with Crippen molar-refractivity contribution in [3.05, 3.63) is 0 Å². The zero-order valence-corrected chi connectivity index (χ0v) is 12.1. The second kappa shape index (κ2) is 7.57. The average Bonchev–Trinajstić information content (AvgIpc) is 2.16. The summed E-state index contributed by atoms with van der Waals surface area (Å²) in [7, 11) is 1.41. The molecule has 0 aliphatic carbocycles. The normalized spacial score (nSPS) is 12.0. The van der Waals surface area contributed by atoms with Crippen molar-refractivity contribution >= 4 is 21.3 Å². The predicted molar refractivity (Wildman–Crippen MR) is 65.3 cm³/mol. The van der Waals surface area contributed by atoms with Gasteiger partial charge in [-0.25, -0.2) is 0 Å². The smallest absolute Gasteiger partial charge is 0.313 e. The largest absolute Gasteiger partial charge is 0.465 e. The Balaban J connectivity index is 3.47. The third-order valence-corrected chi connectivity index (χ3v) is 4.73. The fraction of sp³-hybridized carbons (Fsp3) is 0.818. The molecule has 0 heterocycles. The van der Waals surface area contributed by atoms with E-state index in [2.05, 4.69) is 13.8 Å². The average molecular weight is 246 g/mol. The first-order valence-corrected chi connectivity index (χ1v) is 7.28. The van der Waals surface area contributed by atoms with Crippen LogP contribution >= 0.6 is 0 Å². The number of Topliss-reactive ketones (excluding diaryl/α,β-unsaturated/α-hetero) is 1. The van der Waals surface area contributed by atoms with Gasteiger partial charge in [0, 0.05) is 12.3 Å². The van der Waals surface area contributed by atoms with Crippen LogP contribution in [0.3, 0.4) is 0 Å². The Kier molecular flexibility index (Phi) is 7.24. The molecule has 4 nitrogen and oxygen atoms in total. The Morgan fingerprint density at radius 2 is 1.94 bits per heavy atom. The van der Waals surface area contributed by atoms with Crippen LogP contribution in [0.5, 0.6) is 0 Å². The highest BCUT2D eigenvalue weighted by molar-refractivity contribution is 6.39. The van der Waals surface area contributed by atoms with Crippen LogP contribution in [0, 0.1) is 0 Å². The summed E-state index contributed by atoms with van der Waals surface area (Å²) in [5.41, 5.74) is 0. The van der Waals surface area contributed by atoms with Crippen molar-refractivity contribution in [1.29, 1.82) is 0 Å². The number of carbonyl (C=O) groups excluding carboxylic acids is 2. The summed E-state index contributed by atoms with van der Waals surface area (Å²) in [5, 5.41) is 0.0173. The number of hydrogen-bond acceptors (Lipinski definition) is 4. The maximum absolute atomic E-state index is 11.0. The van der Waals surface area contributed by atoms with Crippen LogP contribution in [-0.2, 0) is 19.1 Å². The van der Waals surface area contributed by atoms with Crippen molar-refractivity contribution < 1.29 is 19.1 Å². The summed E-state index contributed by atoms with van der Waals surface area (Å²) in [6, 6.07) is 1.08. The van der Waals surface area contributed by atoms with Gasteiger partial charge in [0.05, 0.1) is 16.1 Å². The minimum atomic E-state index is -0.417. The van der Waals surface area contributed by atoms with Crippen molar-refractivity contribution in [3.8, 4) is 0 Å². The zero-order chi connectivity index (χ0) is 12.6. The van der Waals surface area contributed by atoms with E-state index in [0.717, 1.165) is 12.5 Å². The van der Waals surface area contributed by atoms with E-state index in [-0.39, 0.29) is 26.9 Å². The number of ether oxygens (including phenoxy) is 2. The highest BCUT2D eigenvalue weighted by Crippen LogP contribution is 2.08. The fourth-order valence-electron chi connectivity index (χ4n) is 1.20. The third kappa shape index (κ3) is 8.61. The van der Waals surface area contributed by atoms with Crippen LogP contribution in [-0.4, -0.2) is 40.2 Å². The minimum absolute atomic E-state index is 0.0173. The van der Waals surface area contributed by atoms with Crippen LogP contribution in [0.4, 0.5) is 0 Å². The molecular weight excluding hydrogens is 224 g/mol. The lowest BCUT2D eigenvalue weighted by atomic mass is 10.3. The summed E-state index contributed by atoms with van der Waals surface area (Å²) in [4.78, 5) is 21.6. The molecule has 0 amide bonds. The standard InChI is InChI=1S/C11H22O4Si/c1-9(12)8-10(13)15-6-5-7-16-11(2,3)14-4/h5-8,16H2,1-4H3. The Bertz CT molecular complexity index is 238. The molecule has 94 valence electrons. The molecule has 0 rings (SSSR count). The van der Waals surface area contributed by atoms with Gasteiger partial charge in [-0.1, -0.05) is 6.04 Å². The van der Waals surface area contributed by atoms with Crippen molar-refractivity contribution in [1.82, 2.24) is 0 Å². The molecule has 0 saturated heterocycles. The van der Waals surface area contributed by atoms with Gasteiger partial charge in [-0.15, -0.1) is 0 Å². The van der Waals surface area contributed by atoms with E-state index in [1.807, 2.05) is 0 Å². The maximum Gasteiger partial charge on any atom is 0.313 e. The molecule has 0 radical (unpaired) electrons. The molecule has 0 bridgehead atoms. The van der Waals surface area contributed by atoms with Crippen LogP contribution in [0.1, 0.15) is 33.6 Å². The monoisotopic (exact) mass is 246 g/mol. The van der Waals surface area contributed by atoms with E-state index in [9.17, 15) is 9.59 Å². The van der Waals surface area contributed by atoms with E-state index in [4.69, 9.17) is 9.47 Å². The summed E-state index contributed by atoms with van der Waals surface area (Å²) in [6.07, 6.45) is 0.754. The van der Waals surface area contributed by atoms with E-state index in [0.29, 0.717) is 6.61 Å². The van der Waals surface area contributed by atoms with Crippen LogP contribution in [0.15, 0.2) is 0 Å². The van der Waals surface area contributed by atoms with Crippen molar-refractivity contribution in [3.63, 3.8) is 0 Å². The molecule has 0 aromatic carbocycles. The summed E-state index contributed by atoms with van der Waals surface area (Å²) in [6.45, 7) is 5.97. The Morgan fingerprint density at radius 1 is 1.31 bits per heavy atom. The lowest BCUT2D eigenvalue weighted by Gasteiger charge is -2.21. The van der Waals surface area contributed by atoms with Crippen LogP contribution < -0.4 is 0 Å². The van der Waals surface area contributed by atoms with Gasteiger partial charge < -0.3 is 9.47 Å². The number of rotatable bonds is 8. The number of hydrogen-bond donors (Lipinski definition) is 0. The molecular formula is C11H22O4Si. The first-order chi connectivity index (χ1) is 7.37. The molecule has 0 saturated carbocycles. The highest BCUT2D eigenvalue weighted by Gasteiger charge is 2.15. The molecule has 0 fully saturated rings. The lowest BCUT2D eigenvalue weighted by Crippen LogP contribution is -2.30. The van der Waals surface area contributed by atoms with Crippen molar-refractivity contribution in [2.24, 2.45) is 0 Å². The highest BCUT2D eigenvalue weighted by atomic mass is 28.2. The Morgan fingerprint density at radius 3 is 2.44 bits per heavy atom. The zero-order valence-electron chi connectivity index (χ0n) is 10.7. The van der Waals surface area contributed by atoms with E-state index >= 15 is 0 Å². The van der Waals surface area contributed by atoms with Crippen LogP contribution in [0.25, 0.3) is 0 Å². The van der Waals surface area contributed by atoms with Gasteiger partial charge in [-0.3, -0.25) is 9.59 Å². The molecule has 0 aliphatic heterocycles. The maximum atomic E-state index is 11.0. The van der Waals surface area contributed by atoms with E-state index in [1.54, 1.807) is 7.11 Å². The number of esters is 1. The number of ketones is 1. The van der Waals surface area contributed by atoms with Gasteiger partial charge in [0.1, 0.15) is 12.2 Å². The van der Waals surface area contributed by atoms with E-state index in [1.165, 1.54) is 6.92 Å². The summed E-state index contributed by atoms with van der Waals surface area (Å²) >= 11 is 0. The van der Waals surface area contributed by atoms with E-state index < -0.39 is 5.97 Å². The molecule has 0 aromatic heterocycles. The second-order valence-corrected chi connectivity index (χ2v) is 7.43. The Hall–Kier alpha value is -0.683. The second-order valence-electron chi connectivity index (χ2n) is 4.52. The number of methoxy groups -OCH3 is 1. The fourth-order valence-corrected chi connectivity index (χ4v) is 2.70. The molecule has 0 N–H and O–H groups in total. The van der Waals surface area contributed by atoms with Crippen LogP contribution in [0.2, 0.25) is 6.04 Å². The topological polar surface area (TPSA) is 52.6 Å². The first-order valence-electron chi connectivity index (χ1n) is 5.57. The first kappa shape index (κ1) is 15.3. The molecule has 0 spiro atoms. The molecule has 5 heteroatoms. The summed E-state index contributed by atoms with van der Waals surface area (Å²) < 4.78 is 10.3. The van der Waals surface area contributed by atoms with Gasteiger partial charge in [-0.2, -0.15) is 0 Å². The van der Waals surface area contributed by atoms with Gasteiger partial charge in [-0.05, 0) is 27.2 Å². The van der Waals surface area contributed by atoms with Gasteiger partial charge in [0.15, 0.2) is 0 Å². The number of carbonyl (C=O) groups is 2. The van der Waals surface area contributed by atoms with Crippen molar-refractivity contribution in [2.45, 2.75) is 44.9 Å². The quantitative estimate of drug-likeness (QED) is 0.276. The molecule has 0 aromatic rings. The molecule has 16 heavy (non-hydrogen) atoms. The predicted octanol–water partition coefficient (Wildman–Crippen LogP) is 0.868. The molecule has 0 atom stereocenters. The minimum Gasteiger partial charge on any atom is -0.465 e. The lowest BCUT2D eigenvalue weighted by molar-refractivity contribution is -0.145. The molecule has 0 aliphatic rings. The summed E-state index contributed by atoms with van der Waals surface area (Å²) in [5.74, 6) is -0.569. The SMILES string of the molecule is COC(C)(C)[SiH2]CCCOC(=O)CC(C)=O. The van der Waals surface area contributed by atoms with Crippen molar-refractivity contribution in [2.75, 3.05) is 13.7 Å².